The summed E-state index contributed by atoms with van der Waals surface area (Å²) < 4.78 is 13.7. The molecule has 5 heteroatoms. The van der Waals surface area contributed by atoms with E-state index >= 15 is 0 Å². The molecule has 0 bridgehead atoms. The Bertz CT molecular complexity index is 586. The van der Waals surface area contributed by atoms with Gasteiger partial charge in [-0.1, -0.05) is 29.8 Å². The van der Waals surface area contributed by atoms with Gasteiger partial charge in [0.25, 0.3) is 0 Å². The van der Waals surface area contributed by atoms with Crippen LogP contribution < -0.4 is 11.1 Å². The van der Waals surface area contributed by atoms with Crippen LogP contribution >= 0.6 is 11.6 Å². The number of nitrogens with two attached hydrogens (primary N) is 1. The molecule has 0 saturated heterocycles. The summed E-state index contributed by atoms with van der Waals surface area (Å²) in [4.78, 5) is 11.5. The van der Waals surface area contributed by atoms with Crippen molar-refractivity contribution in [2.75, 3.05) is 5.32 Å². The number of nitrogens with one attached hydrogen (secondary N) is 1. The predicted molar refractivity (Wildman–Crippen MR) is 73.4 cm³/mol. The van der Waals surface area contributed by atoms with Gasteiger partial charge in [0.2, 0.25) is 5.91 Å². The second kappa shape index (κ2) is 5.71. The molecule has 0 radical (unpaired) electrons. The molecule has 0 heterocycles. The molecule has 2 aromatic carbocycles. The van der Waals surface area contributed by atoms with Crippen molar-refractivity contribution in [1.29, 1.82) is 0 Å². The molecule has 0 fully saturated rings. The van der Waals surface area contributed by atoms with E-state index in [2.05, 4.69) is 5.32 Å². The molecule has 19 heavy (non-hydrogen) atoms. The lowest BCUT2D eigenvalue weighted by molar-refractivity contribution is -0.118. The summed E-state index contributed by atoms with van der Waals surface area (Å²) in [6.45, 7) is 0. The van der Waals surface area contributed by atoms with Crippen LogP contribution in [0.25, 0.3) is 0 Å². The van der Waals surface area contributed by atoms with Crippen molar-refractivity contribution >= 4 is 23.2 Å². The summed E-state index contributed by atoms with van der Waals surface area (Å²) in [7, 11) is 0. The highest BCUT2D eigenvalue weighted by Crippen LogP contribution is 2.22. The van der Waals surface area contributed by atoms with Gasteiger partial charge in [0.15, 0.2) is 0 Å². The Morgan fingerprint density at radius 3 is 2.37 bits per heavy atom. The van der Waals surface area contributed by atoms with Crippen LogP contribution in [0.2, 0.25) is 5.02 Å². The lowest BCUT2D eigenvalue weighted by atomic mass is 10.1. The number of rotatable bonds is 4. The summed E-state index contributed by atoms with van der Waals surface area (Å²) in [5.74, 6) is -1.13. The monoisotopic (exact) mass is 278 g/mol. The molecule has 0 aromatic heterocycles. The summed E-state index contributed by atoms with van der Waals surface area (Å²) in [6, 6.07) is 11.8. The van der Waals surface area contributed by atoms with E-state index in [1.165, 1.54) is 12.1 Å². The van der Waals surface area contributed by atoms with Gasteiger partial charge in [-0.05, 0) is 30.3 Å². The van der Waals surface area contributed by atoms with E-state index in [-0.39, 0.29) is 5.56 Å². The minimum atomic E-state index is -0.928. The number of benzene rings is 2. The Balaban J connectivity index is 2.29. The maximum Gasteiger partial charge on any atom is 0.244 e. The maximum absolute atomic E-state index is 13.7. The average Bonchev–Trinajstić information content (AvgIpc) is 2.39. The molecule has 0 saturated carbocycles. The number of amides is 1. The van der Waals surface area contributed by atoms with E-state index in [1.807, 2.05) is 0 Å². The van der Waals surface area contributed by atoms with Gasteiger partial charge in [-0.3, -0.25) is 4.79 Å². The number of halogens is 2. The van der Waals surface area contributed by atoms with Crippen molar-refractivity contribution in [2.45, 2.75) is 6.04 Å². The zero-order chi connectivity index (χ0) is 13.8. The normalized spacial score (nSPS) is 11.9. The molecule has 1 amide bonds. The standard InChI is InChI=1S/C14H12ClFN2O/c15-9-5-7-10(8-6-9)18-13(14(17)19)11-3-1-2-4-12(11)16/h1-8,13,18H,(H2,17,19). The van der Waals surface area contributed by atoms with Crippen molar-refractivity contribution in [3.05, 3.63) is 64.9 Å². The molecule has 2 rings (SSSR count). The van der Waals surface area contributed by atoms with Crippen LogP contribution in [-0.2, 0) is 4.79 Å². The summed E-state index contributed by atoms with van der Waals surface area (Å²) in [6.07, 6.45) is 0. The number of carbonyl (C=O) groups excluding carboxylic acids is 1. The van der Waals surface area contributed by atoms with Crippen molar-refractivity contribution < 1.29 is 9.18 Å². The smallest absolute Gasteiger partial charge is 0.244 e. The predicted octanol–water partition coefficient (Wildman–Crippen LogP) is 3.12. The van der Waals surface area contributed by atoms with Gasteiger partial charge in [0.1, 0.15) is 11.9 Å². The molecule has 98 valence electrons. The molecule has 3 N–H and O–H groups in total. The van der Waals surface area contributed by atoms with E-state index in [9.17, 15) is 9.18 Å². The fourth-order valence-corrected chi connectivity index (χ4v) is 1.85. The van der Waals surface area contributed by atoms with E-state index in [4.69, 9.17) is 17.3 Å². The second-order valence-electron chi connectivity index (χ2n) is 4.01. The number of carbonyl (C=O) groups is 1. The van der Waals surface area contributed by atoms with Gasteiger partial charge in [-0.15, -0.1) is 0 Å². The van der Waals surface area contributed by atoms with Crippen LogP contribution in [0.3, 0.4) is 0 Å². The minimum Gasteiger partial charge on any atom is -0.370 e. The van der Waals surface area contributed by atoms with Gasteiger partial charge in [0, 0.05) is 16.3 Å². The first-order valence-corrected chi connectivity index (χ1v) is 6.01. The fourth-order valence-electron chi connectivity index (χ4n) is 1.72. The third-order valence-corrected chi connectivity index (χ3v) is 2.91. The highest BCUT2D eigenvalue weighted by Gasteiger charge is 2.20. The van der Waals surface area contributed by atoms with E-state index in [0.29, 0.717) is 10.7 Å². The van der Waals surface area contributed by atoms with Crippen LogP contribution in [0.5, 0.6) is 0 Å². The van der Waals surface area contributed by atoms with Gasteiger partial charge >= 0.3 is 0 Å². The Labute approximate surface area is 115 Å². The van der Waals surface area contributed by atoms with E-state index in [1.54, 1.807) is 36.4 Å². The average molecular weight is 279 g/mol. The zero-order valence-corrected chi connectivity index (χ0v) is 10.7. The third-order valence-electron chi connectivity index (χ3n) is 2.66. The number of primary amides is 1. The highest BCUT2D eigenvalue weighted by molar-refractivity contribution is 6.30. The number of anilines is 1. The topological polar surface area (TPSA) is 55.1 Å². The second-order valence-corrected chi connectivity index (χ2v) is 4.44. The molecule has 0 aliphatic heterocycles. The Hall–Kier alpha value is -2.07. The molecular weight excluding hydrogens is 267 g/mol. The summed E-state index contributed by atoms with van der Waals surface area (Å²) >= 11 is 5.77. The van der Waals surface area contributed by atoms with Crippen molar-refractivity contribution in [3.8, 4) is 0 Å². The summed E-state index contributed by atoms with van der Waals surface area (Å²) in [5, 5.41) is 3.47. The molecule has 0 aliphatic rings. The van der Waals surface area contributed by atoms with Crippen LogP contribution in [0.4, 0.5) is 10.1 Å². The minimum absolute atomic E-state index is 0.213. The molecule has 3 nitrogen and oxygen atoms in total. The largest absolute Gasteiger partial charge is 0.370 e. The van der Waals surface area contributed by atoms with Gasteiger partial charge < -0.3 is 11.1 Å². The Morgan fingerprint density at radius 1 is 1.16 bits per heavy atom. The third kappa shape index (κ3) is 3.23. The molecule has 1 atom stereocenters. The molecule has 1 unspecified atom stereocenters. The fraction of sp³-hybridized carbons (Fsp3) is 0.0714. The van der Waals surface area contributed by atoms with Gasteiger partial charge in [0.05, 0.1) is 0 Å². The lowest BCUT2D eigenvalue weighted by Gasteiger charge is -2.17. The van der Waals surface area contributed by atoms with Gasteiger partial charge in [-0.2, -0.15) is 0 Å². The van der Waals surface area contributed by atoms with Crippen molar-refractivity contribution in [2.24, 2.45) is 5.73 Å². The van der Waals surface area contributed by atoms with Crippen LogP contribution in [0.1, 0.15) is 11.6 Å². The number of hydrogen-bond donors (Lipinski definition) is 2. The first-order chi connectivity index (χ1) is 9.08. The Morgan fingerprint density at radius 2 is 1.79 bits per heavy atom. The van der Waals surface area contributed by atoms with Gasteiger partial charge in [-0.25, -0.2) is 4.39 Å². The quantitative estimate of drug-likeness (QED) is 0.903. The zero-order valence-electron chi connectivity index (χ0n) is 9.94. The molecule has 0 spiro atoms. The first kappa shape index (κ1) is 13.4. The Kier molecular flexibility index (Phi) is 4.02. The molecule has 0 aliphatic carbocycles. The van der Waals surface area contributed by atoms with Crippen molar-refractivity contribution in [1.82, 2.24) is 0 Å². The highest BCUT2D eigenvalue weighted by atomic mass is 35.5. The molecular formula is C14H12ClFN2O. The van der Waals surface area contributed by atoms with Crippen molar-refractivity contribution in [3.63, 3.8) is 0 Å². The number of hydrogen-bond acceptors (Lipinski definition) is 2. The van der Waals surface area contributed by atoms with E-state index < -0.39 is 17.8 Å². The molecule has 2 aromatic rings. The lowest BCUT2D eigenvalue weighted by Crippen LogP contribution is -2.28. The first-order valence-electron chi connectivity index (χ1n) is 5.64. The maximum atomic E-state index is 13.7. The van der Waals surface area contributed by atoms with E-state index in [0.717, 1.165) is 0 Å². The van der Waals surface area contributed by atoms with Crippen LogP contribution in [0, 0.1) is 5.82 Å². The van der Waals surface area contributed by atoms with Crippen LogP contribution in [0.15, 0.2) is 48.5 Å². The summed E-state index contributed by atoms with van der Waals surface area (Å²) in [5.41, 5.74) is 6.17. The SMILES string of the molecule is NC(=O)C(Nc1ccc(Cl)cc1)c1ccccc1F. The van der Waals surface area contributed by atoms with Crippen LogP contribution in [-0.4, -0.2) is 5.91 Å².